The topological polar surface area (TPSA) is 65.0 Å². The molecule has 0 aromatic heterocycles. The van der Waals surface area contributed by atoms with E-state index in [0.717, 1.165) is 6.42 Å². The van der Waals surface area contributed by atoms with Crippen LogP contribution in [0.25, 0.3) is 0 Å². The van der Waals surface area contributed by atoms with Gasteiger partial charge in [0.1, 0.15) is 11.3 Å². The van der Waals surface area contributed by atoms with Crippen LogP contribution in [0.4, 0.5) is 0 Å². The van der Waals surface area contributed by atoms with E-state index >= 15 is 0 Å². The number of aliphatic hydroxyl groups is 1. The first kappa shape index (κ1) is 14.5. The highest BCUT2D eigenvalue weighted by molar-refractivity contribution is 5.92. The van der Waals surface area contributed by atoms with Crippen LogP contribution in [0.3, 0.4) is 0 Å². The van der Waals surface area contributed by atoms with Crippen LogP contribution in [0.5, 0.6) is 5.75 Å². The van der Waals surface area contributed by atoms with Gasteiger partial charge in [-0.15, -0.1) is 0 Å². The zero-order valence-corrected chi connectivity index (χ0v) is 10.6. The number of hydrogen-bond donors (Lipinski definition) is 1. The third-order valence-electron chi connectivity index (χ3n) is 2.38. The van der Waals surface area contributed by atoms with Crippen LogP contribution in [0, 0.1) is 0 Å². The van der Waals surface area contributed by atoms with Gasteiger partial charge < -0.3 is 19.3 Å². The van der Waals surface area contributed by atoms with Crippen LogP contribution in [0.1, 0.15) is 22.3 Å². The molecular weight excluding hydrogens is 236 g/mol. The molecule has 0 heterocycles. The molecule has 0 aliphatic carbocycles. The molecule has 1 N–H and O–H groups in total. The summed E-state index contributed by atoms with van der Waals surface area (Å²) in [7, 11) is 2.93. The molecule has 0 bridgehead atoms. The monoisotopic (exact) mass is 254 g/mol. The molecule has 5 heteroatoms. The maximum atomic E-state index is 11.5. The minimum atomic E-state index is -0.457. The summed E-state index contributed by atoms with van der Waals surface area (Å²) in [6.07, 6.45) is 0.723. The Bertz CT molecular complexity index is 389. The van der Waals surface area contributed by atoms with E-state index in [2.05, 4.69) is 4.74 Å². The fourth-order valence-corrected chi connectivity index (χ4v) is 1.45. The normalized spacial score (nSPS) is 10.2. The third-order valence-corrected chi connectivity index (χ3v) is 2.38. The van der Waals surface area contributed by atoms with Crippen molar-refractivity contribution in [3.63, 3.8) is 0 Å². The van der Waals surface area contributed by atoms with Crippen LogP contribution < -0.4 is 4.74 Å². The molecule has 100 valence electrons. The third kappa shape index (κ3) is 4.01. The lowest BCUT2D eigenvalue weighted by Crippen LogP contribution is -2.08. The van der Waals surface area contributed by atoms with Gasteiger partial charge in [0.15, 0.2) is 0 Å². The van der Waals surface area contributed by atoms with E-state index in [4.69, 9.17) is 14.6 Å². The van der Waals surface area contributed by atoms with E-state index in [1.807, 2.05) is 0 Å². The number of aliphatic hydroxyl groups excluding tert-OH is 1. The predicted molar refractivity (Wildman–Crippen MR) is 65.7 cm³/mol. The molecule has 0 amide bonds. The average molecular weight is 254 g/mol. The molecule has 0 aliphatic heterocycles. The quantitative estimate of drug-likeness (QED) is 0.588. The van der Waals surface area contributed by atoms with Crippen molar-refractivity contribution in [2.75, 3.05) is 27.4 Å². The molecule has 0 radical (unpaired) electrons. The zero-order chi connectivity index (χ0) is 13.4. The Kier molecular flexibility index (Phi) is 6.18. The second-order valence-corrected chi connectivity index (χ2v) is 3.68. The van der Waals surface area contributed by atoms with Gasteiger partial charge in [-0.2, -0.15) is 0 Å². The number of methoxy groups -OCH3 is 2. The van der Waals surface area contributed by atoms with E-state index in [0.29, 0.717) is 30.1 Å². The molecule has 1 rings (SSSR count). The number of esters is 1. The highest BCUT2D eigenvalue weighted by atomic mass is 16.5. The first-order valence-corrected chi connectivity index (χ1v) is 5.66. The minimum absolute atomic E-state index is 0.101. The van der Waals surface area contributed by atoms with Crippen LogP contribution in [0.2, 0.25) is 0 Å². The largest absolute Gasteiger partial charge is 0.493 e. The van der Waals surface area contributed by atoms with Gasteiger partial charge in [0, 0.05) is 20.1 Å². The zero-order valence-electron chi connectivity index (χ0n) is 10.6. The van der Waals surface area contributed by atoms with Crippen molar-refractivity contribution in [3.8, 4) is 5.75 Å². The molecule has 0 saturated carbocycles. The standard InChI is InChI=1S/C13H18O5/c1-16-6-3-7-18-12-8-10(9-14)4-5-11(12)13(15)17-2/h4-5,8,14H,3,6-7,9H2,1-2H3. The number of carbonyl (C=O) groups is 1. The fourth-order valence-electron chi connectivity index (χ4n) is 1.45. The molecular formula is C13H18O5. The smallest absolute Gasteiger partial charge is 0.341 e. The molecule has 18 heavy (non-hydrogen) atoms. The first-order chi connectivity index (χ1) is 8.72. The van der Waals surface area contributed by atoms with E-state index < -0.39 is 5.97 Å². The molecule has 0 spiro atoms. The summed E-state index contributed by atoms with van der Waals surface area (Å²) in [5, 5.41) is 9.07. The highest BCUT2D eigenvalue weighted by Gasteiger charge is 2.13. The highest BCUT2D eigenvalue weighted by Crippen LogP contribution is 2.21. The summed E-state index contributed by atoms with van der Waals surface area (Å²) in [6, 6.07) is 4.89. The molecule has 1 aromatic carbocycles. The Labute approximate surface area is 106 Å². The predicted octanol–water partition coefficient (Wildman–Crippen LogP) is 1.38. The van der Waals surface area contributed by atoms with E-state index in [-0.39, 0.29) is 6.61 Å². The molecule has 0 atom stereocenters. The second-order valence-electron chi connectivity index (χ2n) is 3.68. The SMILES string of the molecule is COCCCOc1cc(CO)ccc1C(=O)OC. The number of rotatable bonds is 7. The lowest BCUT2D eigenvalue weighted by Gasteiger charge is -2.11. The Hall–Kier alpha value is -1.59. The molecule has 0 aliphatic rings. The Morgan fingerprint density at radius 3 is 2.67 bits per heavy atom. The summed E-state index contributed by atoms with van der Waals surface area (Å²) in [6.45, 7) is 0.926. The summed E-state index contributed by atoms with van der Waals surface area (Å²) in [4.78, 5) is 11.5. The van der Waals surface area contributed by atoms with Crippen LogP contribution in [-0.4, -0.2) is 38.5 Å². The van der Waals surface area contributed by atoms with Crippen molar-refractivity contribution in [3.05, 3.63) is 29.3 Å². The van der Waals surface area contributed by atoms with E-state index in [1.165, 1.54) is 7.11 Å². The van der Waals surface area contributed by atoms with E-state index in [9.17, 15) is 4.79 Å². The van der Waals surface area contributed by atoms with Crippen LogP contribution in [0.15, 0.2) is 18.2 Å². The minimum Gasteiger partial charge on any atom is -0.493 e. The Balaban J connectivity index is 2.79. The van der Waals surface area contributed by atoms with Crippen molar-refractivity contribution in [2.45, 2.75) is 13.0 Å². The van der Waals surface area contributed by atoms with E-state index in [1.54, 1.807) is 25.3 Å². The molecule has 1 aromatic rings. The Morgan fingerprint density at radius 1 is 1.28 bits per heavy atom. The van der Waals surface area contributed by atoms with Crippen molar-refractivity contribution in [1.29, 1.82) is 0 Å². The van der Waals surface area contributed by atoms with Crippen molar-refractivity contribution in [1.82, 2.24) is 0 Å². The number of carbonyl (C=O) groups excluding carboxylic acids is 1. The van der Waals surface area contributed by atoms with Gasteiger partial charge in [0.2, 0.25) is 0 Å². The number of ether oxygens (including phenoxy) is 3. The molecule has 0 saturated heterocycles. The first-order valence-electron chi connectivity index (χ1n) is 5.66. The van der Waals surface area contributed by atoms with Crippen molar-refractivity contribution >= 4 is 5.97 Å². The Morgan fingerprint density at radius 2 is 2.06 bits per heavy atom. The summed E-state index contributed by atoms with van der Waals surface area (Å²) in [5.41, 5.74) is 1.04. The van der Waals surface area contributed by atoms with Gasteiger partial charge in [0.05, 0.1) is 20.3 Å². The van der Waals surface area contributed by atoms with Gasteiger partial charge >= 0.3 is 5.97 Å². The lowest BCUT2D eigenvalue weighted by molar-refractivity contribution is 0.0595. The molecule has 0 fully saturated rings. The van der Waals surface area contributed by atoms with Gasteiger partial charge in [0.25, 0.3) is 0 Å². The van der Waals surface area contributed by atoms with Crippen LogP contribution in [-0.2, 0) is 16.1 Å². The second kappa shape index (κ2) is 7.68. The van der Waals surface area contributed by atoms with Crippen molar-refractivity contribution < 1.29 is 24.1 Å². The number of hydrogen-bond acceptors (Lipinski definition) is 5. The van der Waals surface area contributed by atoms with Gasteiger partial charge in [-0.05, 0) is 17.7 Å². The number of benzene rings is 1. The molecule has 0 unspecified atom stereocenters. The summed E-state index contributed by atoms with van der Waals surface area (Å²) in [5.74, 6) is -0.0364. The fraction of sp³-hybridized carbons (Fsp3) is 0.462. The summed E-state index contributed by atoms with van der Waals surface area (Å²) < 4.78 is 15.1. The van der Waals surface area contributed by atoms with Gasteiger partial charge in [-0.25, -0.2) is 4.79 Å². The van der Waals surface area contributed by atoms with Gasteiger partial charge in [-0.1, -0.05) is 6.07 Å². The summed E-state index contributed by atoms with van der Waals surface area (Å²) >= 11 is 0. The van der Waals surface area contributed by atoms with Gasteiger partial charge in [-0.3, -0.25) is 0 Å². The lowest BCUT2D eigenvalue weighted by atomic mass is 10.1. The maximum Gasteiger partial charge on any atom is 0.341 e. The van der Waals surface area contributed by atoms with Crippen molar-refractivity contribution in [2.24, 2.45) is 0 Å². The average Bonchev–Trinajstić information content (AvgIpc) is 2.42. The van der Waals surface area contributed by atoms with Crippen LogP contribution >= 0.6 is 0 Å². The maximum absolute atomic E-state index is 11.5. The molecule has 5 nitrogen and oxygen atoms in total.